The number of carbonyl (C=O) groups excluding carboxylic acids is 2. The predicted molar refractivity (Wildman–Crippen MR) is 90.7 cm³/mol. The quantitative estimate of drug-likeness (QED) is 0.702. The Hall–Kier alpha value is -2.67. The van der Waals surface area contributed by atoms with E-state index in [9.17, 15) is 9.59 Å². The molecule has 1 amide bonds. The van der Waals surface area contributed by atoms with E-state index >= 15 is 0 Å². The Kier molecular flexibility index (Phi) is 6.71. The van der Waals surface area contributed by atoms with E-state index in [0.717, 1.165) is 6.42 Å². The molecule has 0 fully saturated rings. The maximum atomic E-state index is 12.1. The highest BCUT2D eigenvalue weighted by Crippen LogP contribution is 2.16. The number of aromatic nitrogens is 1. The van der Waals surface area contributed by atoms with Crippen LogP contribution in [-0.2, 0) is 11.3 Å². The third-order valence-corrected chi connectivity index (χ3v) is 3.61. The minimum absolute atomic E-state index is 0.0365. The van der Waals surface area contributed by atoms with Crippen LogP contribution in [0.4, 0.5) is 0 Å². The van der Waals surface area contributed by atoms with Gasteiger partial charge < -0.3 is 19.3 Å². The second-order valence-electron chi connectivity index (χ2n) is 5.59. The summed E-state index contributed by atoms with van der Waals surface area (Å²) < 4.78 is 15.8. The van der Waals surface area contributed by atoms with Crippen molar-refractivity contribution in [2.45, 2.75) is 32.9 Å². The number of hydrogen-bond acceptors (Lipinski definition) is 6. The third kappa shape index (κ3) is 5.42. The molecular formula is C18H22N2O5. The van der Waals surface area contributed by atoms with Crippen LogP contribution >= 0.6 is 0 Å². The summed E-state index contributed by atoms with van der Waals surface area (Å²) in [5.41, 5.74) is 0.754. The highest BCUT2D eigenvalue weighted by atomic mass is 16.5. The lowest BCUT2D eigenvalue weighted by molar-refractivity contribution is 0.0885. The number of ether oxygens (including phenoxy) is 2. The molecule has 1 aromatic heterocycles. The maximum Gasteiger partial charge on any atom is 0.273 e. The Labute approximate surface area is 146 Å². The normalized spacial score (nSPS) is 11.8. The number of amides is 1. The van der Waals surface area contributed by atoms with Gasteiger partial charge in [-0.3, -0.25) is 9.59 Å². The van der Waals surface area contributed by atoms with Crippen molar-refractivity contribution in [3.63, 3.8) is 0 Å². The van der Waals surface area contributed by atoms with Gasteiger partial charge in [-0.25, -0.2) is 0 Å². The van der Waals surface area contributed by atoms with E-state index in [1.807, 2.05) is 6.92 Å². The first-order valence-corrected chi connectivity index (χ1v) is 8.02. The molecule has 0 bridgehead atoms. The first kappa shape index (κ1) is 18.7. The Balaban J connectivity index is 1.94. The van der Waals surface area contributed by atoms with E-state index in [2.05, 4.69) is 10.5 Å². The van der Waals surface area contributed by atoms with Gasteiger partial charge in [-0.1, -0.05) is 24.2 Å². The number of Topliss-reactive ketones (excluding diaryl/α,β-unsaturated/α-hetero) is 1. The summed E-state index contributed by atoms with van der Waals surface area (Å²) in [5.74, 6) is 0.600. The minimum atomic E-state index is -0.322. The third-order valence-electron chi connectivity index (χ3n) is 3.61. The summed E-state index contributed by atoms with van der Waals surface area (Å²) in [4.78, 5) is 23.5. The molecule has 0 radical (unpaired) electrons. The average Bonchev–Trinajstić information content (AvgIpc) is 3.09. The van der Waals surface area contributed by atoms with Crippen LogP contribution < -0.4 is 10.1 Å². The second kappa shape index (κ2) is 8.98. The zero-order valence-electron chi connectivity index (χ0n) is 14.6. The standard InChI is InChI=1S/C18H22N2O5/c1-4-14(10-23-3)19-18(22)17-9-16(25-20-17)11-24-15-7-5-6-13(8-15)12(2)21/h5-9,14H,4,10-11H2,1-3H3,(H,19,22)/t14-/m1/s1. The summed E-state index contributed by atoms with van der Waals surface area (Å²) in [5, 5.41) is 6.59. The summed E-state index contributed by atoms with van der Waals surface area (Å²) in [7, 11) is 1.58. The number of methoxy groups -OCH3 is 1. The van der Waals surface area contributed by atoms with Gasteiger partial charge in [0.05, 0.1) is 12.6 Å². The zero-order valence-corrected chi connectivity index (χ0v) is 14.6. The van der Waals surface area contributed by atoms with Gasteiger partial charge >= 0.3 is 0 Å². The number of hydrogen-bond donors (Lipinski definition) is 1. The van der Waals surface area contributed by atoms with Crippen molar-refractivity contribution in [2.24, 2.45) is 0 Å². The summed E-state index contributed by atoms with van der Waals surface area (Å²) >= 11 is 0. The fourth-order valence-electron chi connectivity index (χ4n) is 2.17. The zero-order chi connectivity index (χ0) is 18.2. The van der Waals surface area contributed by atoms with Crippen LogP contribution in [-0.4, -0.2) is 36.6 Å². The topological polar surface area (TPSA) is 90.7 Å². The van der Waals surface area contributed by atoms with Crippen molar-refractivity contribution in [3.05, 3.63) is 47.3 Å². The van der Waals surface area contributed by atoms with Gasteiger partial charge in [0.2, 0.25) is 0 Å². The van der Waals surface area contributed by atoms with Crippen molar-refractivity contribution in [1.82, 2.24) is 10.5 Å². The number of ketones is 1. The maximum absolute atomic E-state index is 12.1. The fraction of sp³-hybridized carbons (Fsp3) is 0.389. The molecule has 0 spiro atoms. The number of rotatable bonds is 9. The van der Waals surface area contributed by atoms with Gasteiger partial charge in [-0.2, -0.15) is 0 Å². The van der Waals surface area contributed by atoms with Crippen LogP contribution in [0.25, 0.3) is 0 Å². The molecule has 0 aliphatic rings. The van der Waals surface area contributed by atoms with Gasteiger partial charge in [-0.15, -0.1) is 0 Å². The smallest absolute Gasteiger partial charge is 0.273 e. The van der Waals surface area contributed by atoms with Crippen LogP contribution in [0.15, 0.2) is 34.9 Å². The monoisotopic (exact) mass is 346 g/mol. The molecule has 1 heterocycles. The summed E-state index contributed by atoms with van der Waals surface area (Å²) in [6.45, 7) is 3.99. The Bertz CT molecular complexity index is 726. The molecule has 0 aliphatic carbocycles. The largest absolute Gasteiger partial charge is 0.486 e. The van der Waals surface area contributed by atoms with E-state index < -0.39 is 0 Å². The molecular weight excluding hydrogens is 324 g/mol. The van der Waals surface area contributed by atoms with Crippen molar-refractivity contribution < 1.29 is 23.6 Å². The van der Waals surface area contributed by atoms with Crippen LogP contribution in [0.2, 0.25) is 0 Å². The van der Waals surface area contributed by atoms with Gasteiger partial charge in [-0.05, 0) is 25.5 Å². The van der Waals surface area contributed by atoms with E-state index in [0.29, 0.717) is 23.7 Å². The van der Waals surface area contributed by atoms with Gasteiger partial charge in [0.25, 0.3) is 5.91 Å². The molecule has 2 aromatic rings. The molecule has 1 aromatic carbocycles. The van der Waals surface area contributed by atoms with Gasteiger partial charge in [0.1, 0.15) is 12.4 Å². The highest BCUT2D eigenvalue weighted by molar-refractivity contribution is 5.94. The summed E-state index contributed by atoms with van der Waals surface area (Å²) in [6, 6.07) is 8.31. The summed E-state index contributed by atoms with van der Waals surface area (Å²) in [6.07, 6.45) is 0.750. The number of nitrogens with zero attached hydrogens (tertiary/aromatic N) is 1. The van der Waals surface area contributed by atoms with Gasteiger partial charge in [0, 0.05) is 18.7 Å². The van der Waals surface area contributed by atoms with E-state index in [1.165, 1.54) is 13.0 Å². The van der Waals surface area contributed by atoms with Crippen LogP contribution in [0.5, 0.6) is 5.75 Å². The molecule has 0 saturated heterocycles. The first-order valence-electron chi connectivity index (χ1n) is 8.02. The predicted octanol–water partition coefficient (Wildman–Crippen LogP) is 2.61. The van der Waals surface area contributed by atoms with Crippen LogP contribution in [0, 0.1) is 0 Å². The van der Waals surface area contributed by atoms with E-state index in [-0.39, 0.29) is 30.0 Å². The molecule has 1 atom stereocenters. The number of carbonyl (C=O) groups is 2. The lowest BCUT2D eigenvalue weighted by Gasteiger charge is -2.14. The highest BCUT2D eigenvalue weighted by Gasteiger charge is 2.16. The van der Waals surface area contributed by atoms with Crippen LogP contribution in [0.1, 0.15) is 46.9 Å². The van der Waals surface area contributed by atoms with Crippen molar-refractivity contribution in [1.29, 1.82) is 0 Å². The SMILES string of the molecule is CC[C@H](COC)NC(=O)c1cc(COc2cccc(C(C)=O)c2)on1. The Morgan fingerprint density at radius 1 is 1.32 bits per heavy atom. The fourth-order valence-corrected chi connectivity index (χ4v) is 2.17. The number of benzene rings is 1. The lowest BCUT2D eigenvalue weighted by Crippen LogP contribution is -2.37. The second-order valence-corrected chi connectivity index (χ2v) is 5.59. The van der Waals surface area contributed by atoms with Crippen molar-refractivity contribution in [3.8, 4) is 5.75 Å². The number of nitrogens with one attached hydrogen (secondary N) is 1. The van der Waals surface area contributed by atoms with E-state index in [1.54, 1.807) is 31.4 Å². The molecule has 134 valence electrons. The molecule has 2 rings (SSSR count). The van der Waals surface area contributed by atoms with Crippen molar-refractivity contribution >= 4 is 11.7 Å². The lowest BCUT2D eigenvalue weighted by atomic mass is 10.1. The minimum Gasteiger partial charge on any atom is -0.486 e. The first-order chi connectivity index (χ1) is 12.0. The molecule has 0 aliphatic heterocycles. The molecule has 0 unspecified atom stereocenters. The molecule has 25 heavy (non-hydrogen) atoms. The molecule has 1 N–H and O–H groups in total. The van der Waals surface area contributed by atoms with Crippen molar-refractivity contribution in [2.75, 3.05) is 13.7 Å². The molecule has 7 nitrogen and oxygen atoms in total. The molecule has 7 heteroatoms. The Morgan fingerprint density at radius 2 is 2.12 bits per heavy atom. The van der Waals surface area contributed by atoms with Gasteiger partial charge in [0.15, 0.2) is 17.2 Å². The van der Waals surface area contributed by atoms with Crippen LogP contribution in [0.3, 0.4) is 0 Å². The average molecular weight is 346 g/mol. The Morgan fingerprint density at radius 3 is 2.80 bits per heavy atom. The van der Waals surface area contributed by atoms with E-state index in [4.69, 9.17) is 14.0 Å². The molecule has 0 saturated carbocycles.